The van der Waals surface area contributed by atoms with E-state index in [4.69, 9.17) is 9.47 Å². The highest BCUT2D eigenvalue weighted by atomic mass is 19.2. The highest BCUT2D eigenvalue weighted by Gasteiger charge is 2.44. The Bertz CT molecular complexity index is 1000. The number of hydrogen-bond acceptors (Lipinski definition) is 4. The van der Waals surface area contributed by atoms with E-state index in [0.29, 0.717) is 29.9 Å². The number of methoxy groups -OCH3 is 1. The highest BCUT2D eigenvalue weighted by molar-refractivity contribution is 6.01. The minimum atomic E-state index is -1.67. The monoisotopic (exact) mass is 405 g/mol. The van der Waals surface area contributed by atoms with E-state index in [1.807, 2.05) is 0 Å². The molecule has 1 fully saturated rings. The largest absolute Gasteiger partial charge is 0.497 e. The zero-order valence-corrected chi connectivity index (χ0v) is 15.6. The van der Waals surface area contributed by atoms with Crippen LogP contribution in [0.15, 0.2) is 30.3 Å². The number of hydrogen-bond donors (Lipinski definition) is 0. The van der Waals surface area contributed by atoms with Crippen molar-refractivity contribution in [1.82, 2.24) is 4.90 Å². The molecule has 1 amide bonds. The van der Waals surface area contributed by atoms with E-state index in [2.05, 4.69) is 0 Å². The summed E-state index contributed by atoms with van der Waals surface area (Å²) in [6.45, 7) is 0.409. The summed E-state index contributed by atoms with van der Waals surface area (Å²) in [6, 6.07) is 6.68. The van der Waals surface area contributed by atoms with Crippen LogP contribution >= 0.6 is 0 Å². The Morgan fingerprint density at radius 2 is 1.83 bits per heavy atom. The van der Waals surface area contributed by atoms with Crippen LogP contribution in [0.25, 0.3) is 0 Å². The van der Waals surface area contributed by atoms with Crippen molar-refractivity contribution in [1.29, 1.82) is 0 Å². The normalized spacial score (nSPS) is 17.7. The topological polar surface area (TPSA) is 55.8 Å². The van der Waals surface area contributed by atoms with Crippen LogP contribution in [0.5, 0.6) is 11.5 Å². The Morgan fingerprint density at radius 1 is 1.10 bits per heavy atom. The van der Waals surface area contributed by atoms with Crippen LogP contribution in [0.3, 0.4) is 0 Å². The van der Waals surface area contributed by atoms with Crippen LogP contribution in [-0.4, -0.2) is 42.4 Å². The lowest BCUT2D eigenvalue weighted by molar-refractivity contribution is -0.00588. The highest BCUT2D eigenvalue weighted by Crippen LogP contribution is 2.40. The van der Waals surface area contributed by atoms with Crippen molar-refractivity contribution in [3.05, 3.63) is 58.9 Å². The number of nitrogens with zero attached hydrogens (tertiary/aromatic N) is 1. The Labute approximate surface area is 165 Å². The first-order valence-corrected chi connectivity index (χ1v) is 9.16. The van der Waals surface area contributed by atoms with Crippen LogP contribution in [0, 0.1) is 17.5 Å². The van der Waals surface area contributed by atoms with Gasteiger partial charge in [0.2, 0.25) is 0 Å². The molecule has 0 N–H and O–H groups in total. The number of likely N-dealkylation sites (tertiary alicyclic amines) is 1. The summed E-state index contributed by atoms with van der Waals surface area (Å²) in [5.74, 6) is -4.28. The molecule has 0 atom stereocenters. The summed E-state index contributed by atoms with van der Waals surface area (Å²) in [5, 5.41) is 0. The molecule has 0 unspecified atom stereocenters. The molecule has 29 heavy (non-hydrogen) atoms. The molecule has 1 spiro atoms. The van der Waals surface area contributed by atoms with Gasteiger partial charge in [-0.25, -0.2) is 13.2 Å². The van der Waals surface area contributed by atoms with Crippen LogP contribution in [0.1, 0.15) is 40.0 Å². The zero-order chi connectivity index (χ0) is 20.8. The molecule has 2 aromatic rings. The van der Waals surface area contributed by atoms with Gasteiger partial charge in [-0.3, -0.25) is 9.59 Å². The van der Waals surface area contributed by atoms with Crippen molar-refractivity contribution >= 4 is 11.7 Å². The summed E-state index contributed by atoms with van der Waals surface area (Å²) in [4.78, 5) is 26.6. The molecule has 152 valence electrons. The molecule has 2 aliphatic rings. The number of amides is 1. The lowest BCUT2D eigenvalue weighted by Gasteiger charge is -2.44. The van der Waals surface area contributed by atoms with Gasteiger partial charge in [0.25, 0.3) is 5.91 Å². The second-order valence-electron chi connectivity index (χ2n) is 7.26. The standard InChI is InChI=1S/C21H18F3NO4/c1-28-12-2-5-17-14(10-12)16(26)11-21(29-17)6-8-25(9-7-21)20(27)13-3-4-15(22)19(24)18(13)23/h2-5,10H,6-9,11H2,1H3. The number of rotatable bonds is 2. The molecule has 1 saturated heterocycles. The van der Waals surface area contributed by atoms with Gasteiger partial charge in [0, 0.05) is 25.9 Å². The van der Waals surface area contributed by atoms with Gasteiger partial charge in [-0.2, -0.15) is 0 Å². The average Bonchev–Trinajstić information content (AvgIpc) is 2.72. The van der Waals surface area contributed by atoms with E-state index in [1.165, 1.54) is 12.0 Å². The number of ketones is 1. The van der Waals surface area contributed by atoms with Gasteiger partial charge >= 0.3 is 0 Å². The number of benzene rings is 2. The van der Waals surface area contributed by atoms with Crippen LogP contribution in [-0.2, 0) is 0 Å². The summed E-state index contributed by atoms with van der Waals surface area (Å²) < 4.78 is 51.8. The van der Waals surface area contributed by atoms with Gasteiger partial charge in [-0.1, -0.05) is 0 Å². The van der Waals surface area contributed by atoms with Crippen LogP contribution in [0.4, 0.5) is 13.2 Å². The second-order valence-corrected chi connectivity index (χ2v) is 7.26. The molecule has 0 aromatic heterocycles. The summed E-state index contributed by atoms with van der Waals surface area (Å²) in [7, 11) is 1.51. The summed E-state index contributed by atoms with van der Waals surface area (Å²) in [6.07, 6.45) is 0.886. The van der Waals surface area contributed by atoms with Gasteiger partial charge in [0.05, 0.1) is 24.7 Å². The van der Waals surface area contributed by atoms with E-state index >= 15 is 0 Å². The minimum Gasteiger partial charge on any atom is -0.497 e. The molecular weight excluding hydrogens is 387 g/mol. The first-order chi connectivity index (χ1) is 13.8. The van der Waals surface area contributed by atoms with Gasteiger partial charge < -0.3 is 14.4 Å². The van der Waals surface area contributed by atoms with Crippen molar-refractivity contribution < 1.29 is 32.2 Å². The first kappa shape index (κ1) is 19.3. The Kier molecular flexibility index (Phi) is 4.72. The fourth-order valence-corrected chi connectivity index (χ4v) is 3.86. The Balaban J connectivity index is 1.50. The molecule has 0 saturated carbocycles. The lowest BCUT2D eigenvalue weighted by Crippen LogP contribution is -2.52. The molecule has 2 aromatic carbocycles. The molecule has 0 bridgehead atoms. The second kappa shape index (κ2) is 7.09. The number of Topliss-reactive ketones (excluding diaryl/α,β-unsaturated/α-hetero) is 1. The van der Waals surface area contributed by atoms with E-state index in [9.17, 15) is 22.8 Å². The molecule has 8 heteroatoms. The Morgan fingerprint density at radius 3 is 2.52 bits per heavy atom. The maximum atomic E-state index is 14.0. The van der Waals surface area contributed by atoms with Gasteiger partial charge in [-0.05, 0) is 30.3 Å². The molecule has 0 radical (unpaired) electrons. The van der Waals surface area contributed by atoms with Crippen molar-refractivity contribution in [3.63, 3.8) is 0 Å². The average molecular weight is 405 g/mol. The number of piperidine rings is 1. The van der Waals surface area contributed by atoms with Crippen LogP contribution in [0.2, 0.25) is 0 Å². The van der Waals surface area contributed by atoms with E-state index in [-0.39, 0.29) is 25.3 Å². The van der Waals surface area contributed by atoms with Gasteiger partial charge in [0.15, 0.2) is 23.2 Å². The van der Waals surface area contributed by atoms with Crippen molar-refractivity contribution in [2.24, 2.45) is 0 Å². The molecule has 4 rings (SSSR count). The van der Waals surface area contributed by atoms with E-state index in [0.717, 1.165) is 12.1 Å². The van der Waals surface area contributed by atoms with Gasteiger partial charge in [0.1, 0.15) is 17.1 Å². The minimum absolute atomic E-state index is 0.0726. The third kappa shape index (κ3) is 3.32. The molecule has 2 aliphatic heterocycles. The SMILES string of the molecule is COc1ccc2c(c1)C(=O)CC1(CCN(C(=O)c3ccc(F)c(F)c3F)CC1)O2. The van der Waals surface area contributed by atoms with E-state index in [1.54, 1.807) is 18.2 Å². The van der Waals surface area contributed by atoms with Crippen molar-refractivity contribution in [2.75, 3.05) is 20.2 Å². The predicted octanol–water partition coefficient (Wildman–Crippen LogP) is 3.75. The van der Waals surface area contributed by atoms with Crippen molar-refractivity contribution in [2.45, 2.75) is 24.9 Å². The predicted molar refractivity (Wildman–Crippen MR) is 96.8 cm³/mol. The van der Waals surface area contributed by atoms with Gasteiger partial charge in [-0.15, -0.1) is 0 Å². The Hall–Kier alpha value is -3.03. The van der Waals surface area contributed by atoms with E-state index < -0.39 is 34.5 Å². The van der Waals surface area contributed by atoms with Crippen LogP contribution < -0.4 is 9.47 Å². The maximum absolute atomic E-state index is 14.0. The summed E-state index contributed by atoms with van der Waals surface area (Å²) in [5.41, 5.74) is -0.808. The molecule has 5 nitrogen and oxygen atoms in total. The number of carbonyl (C=O) groups is 2. The fourth-order valence-electron chi connectivity index (χ4n) is 3.86. The van der Waals surface area contributed by atoms with Crippen molar-refractivity contribution in [3.8, 4) is 11.5 Å². The molecular formula is C21H18F3NO4. The maximum Gasteiger partial charge on any atom is 0.256 e. The number of ether oxygens (including phenoxy) is 2. The third-order valence-corrected chi connectivity index (χ3v) is 5.52. The molecule has 2 heterocycles. The lowest BCUT2D eigenvalue weighted by atomic mass is 9.82. The quantitative estimate of drug-likeness (QED) is 0.714. The molecule has 0 aliphatic carbocycles. The number of halogens is 3. The number of carbonyl (C=O) groups excluding carboxylic acids is 2. The summed E-state index contributed by atoms with van der Waals surface area (Å²) >= 11 is 0. The zero-order valence-electron chi connectivity index (χ0n) is 15.6. The first-order valence-electron chi connectivity index (χ1n) is 9.16. The smallest absolute Gasteiger partial charge is 0.256 e. The number of fused-ring (bicyclic) bond motifs is 1. The fraction of sp³-hybridized carbons (Fsp3) is 0.333. The third-order valence-electron chi connectivity index (χ3n) is 5.52.